The van der Waals surface area contributed by atoms with Gasteiger partial charge in [0.25, 0.3) is 15.9 Å². The van der Waals surface area contributed by atoms with Crippen LogP contribution in [0.5, 0.6) is 0 Å². The average molecular weight is 489 g/mol. The Morgan fingerprint density at radius 1 is 0.943 bits per heavy atom. The first-order chi connectivity index (χ1) is 16.9. The fourth-order valence-electron chi connectivity index (χ4n) is 3.99. The van der Waals surface area contributed by atoms with Gasteiger partial charge in [-0.3, -0.25) is 19.5 Å². The number of carbonyl (C=O) groups is 1. The number of benzene rings is 2. The third kappa shape index (κ3) is 5.66. The maximum Gasteiger partial charge on any atom is 0.264 e. The molecule has 4 rings (SSSR count). The van der Waals surface area contributed by atoms with Crippen molar-refractivity contribution in [1.29, 1.82) is 0 Å². The minimum Gasteiger partial charge on any atom is -0.339 e. The Balaban J connectivity index is 1.42. The van der Waals surface area contributed by atoms with Crippen molar-refractivity contribution in [2.45, 2.75) is 31.6 Å². The smallest absolute Gasteiger partial charge is 0.264 e. The van der Waals surface area contributed by atoms with Crippen molar-refractivity contribution < 1.29 is 13.2 Å². The summed E-state index contributed by atoms with van der Waals surface area (Å²) in [7, 11) is -3.85. The highest BCUT2D eigenvalue weighted by molar-refractivity contribution is 7.93. The number of hydrogen-bond donors (Lipinski definition) is 1. The molecular formula is C27H28N4O3S. The van der Waals surface area contributed by atoms with Crippen molar-refractivity contribution in [1.82, 2.24) is 14.9 Å². The van der Waals surface area contributed by atoms with Crippen LogP contribution in [0.25, 0.3) is 10.9 Å². The highest BCUT2D eigenvalue weighted by Gasteiger charge is 2.19. The molecule has 1 N–H and O–H groups in total. The number of anilines is 1. The van der Waals surface area contributed by atoms with Crippen LogP contribution in [0, 0.1) is 6.92 Å². The topological polar surface area (TPSA) is 92.3 Å². The molecule has 0 saturated heterocycles. The van der Waals surface area contributed by atoms with E-state index < -0.39 is 10.0 Å². The Kier molecular flexibility index (Phi) is 7.41. The second kappa shape index (κ2) is 10.7. The molecule has 0 unspecified atom stereocenters. The molecule has 0 aliphatic rings. The number of hydrogen-bond acceptors (Lipinski definition) is 5. The van der Waals surface area contributed by atoms with Crippen LogP contribution in [-0.4, -0.2) is 42.3 Å². The largest absolute Gasteiger partial charge is 0.339 e. The van der Waals surface area contributed by atoms with Gasteiger partial charge in [0.2, 0.25) is 0 Å². The Morgan fingerprint density at radius 2 is 1.66 bits per heavy atom. The Labute approximate surface area is 205 Å². The first kappa shape index (κ1) is 24.3. The minimum absolute atomic E-state index is 0.0853. The van der Waals surface area contributed by atoms with Crippen molar-refractivity contribution in [3.8, 4) is 0 Å². The summed E-state index contributed by atoms with van der Waals surface area (Å²) in [6.45, 7) is 5.19. The second-order valence-corrected chi connectivity index (χ2v) is 9.92. The number of sulfonamides is 1. The molecule has 2 aromatic carbocycles. The first-order valence-electron chi connectivity index (χ1n) is 11.6. The quantitative estimate of drug-likeness (QED) is 0.364. The van der Waals surface area contributed by atoms with Gasteiger partial charge < -0.3 is 4.90 Å². The van der Waals surface area contributed by atoms with E-state index in [9.17, 15) is 13.2 Å². The number of aromatic nitrogens is 2. The van der Waals surface area contributed by atoms with E-state index in [1.165, 1.54) is 6.07 Å². The fraction of sp³-hybridized carbons (Fsp3) is 0.222. The van der Waals surface area contributed by atoms with E-state index in [4.69, 9.17) is 0 Å². The number of amides is 1. The van der Waals surface area contributed by atoms with Gasteiger partial charge in [0.1, 0.15) is 4.90 Å². The summed E-state index contributed by atoms with van der Waals surface area (Å²) < 4.78 is 28.6. The number of aryl methyl sites for hydroxylation is 2. The van der Waals surface area contributed by atoms with Crippen LogP contribution in [0.1, 0.15) is 35.0 Å². The minimum atomic E-state index is -3.85. The number of carbonyl (C=O) groups excluding carboxylic acids is 1. The van der Waals surface area contributed by atoms with Crippen molar-refractivity contribution in [2.75, 3.05) is 17.8 Å². The van der Waals surface area contributed by atoms with Gasteiger partial charge in [0, 0.05) is 47.8 Å². The molecule has 8 heteroatoms. The van der Waals surface area contributed by atoms with Gasteiger partial charge >= 0.3 is 0 Å². The van der Waals surface area contributed by atoms with E-state index in [1.807, 2.05) is 38.1 Å². The summed E-state index contributed by atoms with van der Waals surface area (Å²) in [5.41, 5.74) is 3.50. The lowest BCUT2D eigenvalue weighted by molar-refractivity contribution is 0.0762. The third-order valence-electron chi connectivity index (χ3n) is 5.90. The molecule has 0 aliphatic heterocycles. The highest BCUT2D eigenvalue weighted by atomic mass is 32.2. The Morgan fingerprint density at radius 3 is 2.40 bits per heavy atom. The lowest BCUT2D eigenvalue weighted by Gasteiger charge is -2.21. The Bertz CT molecular complexity index is 1430. The average Bonchev–Trinajstić information content (AvgIpc) is 2.87. The van der Waals surface area contributed by atoms with Crippen LogP contribution in [0.15, 0.2) is 84.0 Å². The van der Waals surface area contributed by atoms with Crippen LogP contribution in [0.3, 0.4) is 0 Å². The van der Waals surface area contributed by atoms with Crippen molar-refractivity contribution in [3.63, 3.8) is 0 Å². The molecule has 1 amide bonds. The van der Waals surface area contributed by atoms with E-state index in [0.717, 1.165) is 29.5 Å². The zero-order valence-corrected chi connectivity index (χ0v) is 20.6. The van der Waals surface area contributed by atoms with Gasteiger partial charge in [0.15, 0.2) is 0 Å². The van der Waals surface area contributed by atoms with Crippen molar-refractivity contribution in [3.05, 3.63) is 95.9 Å². The monoisotopic (exact) mass is 488 g/mol. The van der Waals surface area contributed by atoms with Crippen LogP contribution in [-0.2, 0) is 16.4 Å². The molecule has 0 radical (unpaired) electrons. The third-order valence-corrected chi connectivity index (χ3v) is 7.31. The summed E-state index contributed by atoms with van der Waals surface area (Å²) in [5, 5.41) is 0.745. The summed E-state index contributed by atoms with van der Waals surface area (Å²) in [4.78, 5) is 23.6. The molecule has 2 aromatic heterocycles. The molecule has 35 heavy (non-hydrogen) atoms. The maximum absolute atomic E-state index is 13.0. The van der Waals surface area contributed by atoms with Crippen molar-refractivity contribution >= 4 is 32.5 Å². The molecule has 4 aromatic rings. The molecule has 180 valence electrons. The zero-order chi connectivity index (χ0) is 24.8. The van der Waals surface area contributed by atoms with E-state index in [-0.39, 0.29) is 10.8 Å². The summed E-state index contributed by atoms with van der Waals surface area (Å²) >= 11 is 0. The Hall–Kier alpha value is -3.78. The number of fused-ring (bicyclic) bond motifs is 1. The second-order valence-electron chi connectivity index (χ2n) is 8.27. The highest BCUT2D eigenvalue weighted by Crippen LogP contribution is 2.23. The molecule has 0 spiro atoms. The fourth-order valence-corrected chi connectivity index (χ4v) is 5.23. The van der Waals surface area contributed by atoms with Gasteiger partial charge in [-0.15, -0.1) is 0 Å². The van der Waals surface area contributed by atoms with Crippen LogP contribution < -0.4 is 4.72 Å². The molecule has 0 atom stereocenters. The number of pyridine rings is 2. The molecule has 0 bridgehead atoms. The summed E-state index contributed by atoms with van der Waals surface area (Å²) in [5.74, 6) is -0.0853. The van der Waals surface area contributed by atoms with E-state index in [0.29, 0.717) is 29.9 Å². The molecule has 2 heterocycles. The van der Waals surface area contributed by atoms with Gasteiger partial charge in [-0.2, -0.15) is 0 Å². The van der Waals surface area contributed by atoms with Gasteiger partial charge in [-0.1, -0.05) is 24.3 Å². The van der Waals surface area contributed by atoms with Gasteiger partial charge in [0.05, 0.1) is 5.52 Å². The lowest BCUT2D eigenvalue weighted by atomic mass is 10.1. The summed E-state index contributed by atoms with van der Waals surface area (Å²) in [6.07, 6.45) is 4.98. The number of nitrogens with zero attached hydrogens (tertiary/aromatic N) is 3. The number of para-hydroxylation sites is 1. The lowest BCUT2D eigenvalue weighted by Crippen LogP contribution is -2.32. The van der Waals surface area contributed by atoms with Gasteiger partial charge in [-0.05, 0) is 74.7 Å². The van der Waals surface area contributed by atoms with Crippen LogP contribution in [0.4, 0.5) is 5.69 Å². The van der Waals surface area contributed by atoms with Gasteiger partial charge in [-0.25, -0.2) is 8.42 Å². The molecule has 0 saturated carbocycles. The number of rotatable bonds is 9. The molecule has 0 fully saturated rings. The molecular weight excluding hydrogens is 460 g/mol. The first-order valence-corrected chi connectivity index (χ1v) is 13.0. The van der Waals surface area contributed by atoms with E-state index in [1.54, 1.807) is 53.7 Å². The van der Waals surface area contributed by atoms with Crippen LogP contribution in [0.2, 0.25) is 0 Å². The summed E-state index contributed by atoms with van der Waals surface area (Å²) in [6, 6.07) is 19.1. The zero-order valence-electron chi connectivity index (χ0n) is 19.8. The van der Waals surface area contributed by atoms with E-state index >= 15 is 0 Å². The maximum atomic E-state index is 13.0. The van der Waals surface area contributed by atoms with Crippen molar-refractivity contribution in [2.24, 2.45) is 0 Å². The predicted molar refractivity (Wildman–Crippen MR) is 138 cm³/mol. The normalized spacial score (nSPS) is 11.4. The van der Waals surface area contributed by atoms with Crippen LogP contribution >= 0.6 is 0 Å². The molecule has 0 aliphatic carbocycles. The standard InChI is InChI=1S/C27H28N4O3S/c1-3-31(19-7-11-24-20(2)8-5-17-28-24)27(32)22-13-15-23(16-14-22)30-35(33,34)25-12-4-9-21-10-6-18-29-26(21)25/h4-6,8-10,12-18,30H,3,7,11,19H2,1-2H3. The number of nitrogens with one attached hydrogen (secondary N) is 1. The van der Waals surface area contributed by atoms with E-state index in [2.05, 4.69) is 14.7 Å². The predicted octanol–water partition coefficient (Wildman–Crippen LogP) is 4.83. The molecule has 7 nitrogen and oxygen atoms in total. The SMILES string of the molecule is CCN(CCCc1ncccc1C)C(=O)c1ccc(NS(=O)(=O)c2cccc3cccnc23)cc1.